The lowest BCUT2D eigenvalue weighted by molar-refractivity contribution is 1.31. The molecule has 0 aliphatic carbocycles. The number of nitrogens with two attached hydrogens (primary N) is 1. The third-order valence-corrected chi connectivity index (χ3v) is 3.98. The first-order chi connectivity index (χ1) is 8.65. The third-order valence-electron chi connectivity index (χ3n) is 2.97. The van der Waals surface area contributed by atoms with Crippen LogP contribution in [0.15, 0.2) is 30.3 Å². The number of pyridine rings is 1. The molecule has 3 nitrogen and oxygen atoms in total. The molecule has 2 heterocycles. The maximum absolute atomic E-state index is 5.80. The summed E-state index contributed by atoms with van der Waals surface area (Å²) in [5.41, 5.74) is 8.91. The molecule has 0 spiro atoms. The van der Waals surface area contributed by atoms with Gasteiger partial charge in [0, 0.05) is 10.3 Å². The Morgan fingerprint density at radius 1 is 1.11 bits per heavy atom. The Hall–Kier alpha value is -1.94. The van der Waals surface area contributed by atoms with E-state index in [1.54, 1.807) is 11.3 Å². The predicted molar refractivity (Wildman–Crippen MR) is 76.7 cm³/mol. The maximum Gasteiger partial charge on any atom is 0.144 e. The number of nitrogens with zero attached hydrogens (tertiary/aromatic N) is 2. The maximum atomic E-state index is 5.80. The summed E-state index contributed by atoms with van der Waals surface area (Å²) in [6, 6.07) is 10.2. The lowest BCUT2D eigenvalue weighted by Crippen LogP contribution is -1.89. The van der Waals surface area contributed by atoms with E-state index in [4.69, 9.17) is 5.73 Å². The second kappa shape index (κ2) is 4.07. The van der Waals surface area contributed by atoms with Crippen LogP contribution in [0.5, 0.6) is 0 Å². The monoisotopic (exact) mass is 255 g/mol. The summed E-state index contributed by atoms with van der Waals surface area (Å²) < 4.78 is 0. The number of para-hydroxylation sites is 1. The van der Waals surface area contributed by atoms with Crippen molar-refractivity contribution in [3.8, 4) is 10.7 Å². The van der Waals surface area contributed by atoms with Gasteiger partial charge >= 0.3 is 0 Å². The highest BCUT2D eigenvalue weighted by molar-refractivity contribution is 7.15. The Balaban J connectivity index is 2.24. The highest BCUT2D eigenvalue weighted by Crippen LogP contribution is 2.30. The zero-order valence-corrected chi connectivity index (χ0v) is 11.1. The number of aromatic nitrogens is 2. The van der Waals surface area contributed by atoms with E-state index in [1.807, 2.05) is 25.1 Å². The SMILES string of the molecule is Cc1sc(-c2cc(C)c3ccccc3n2)nc1N. The van der Waals surface area contributed by atoms with Crippen molar-refractivity contribution in [1.82, 2.24) is 9.97 Å². The average molecular weight is 255 g/mol. The lowest BCUT2D eigenvalue weighted by atomic mass is 10.1. The summed E-state index contributed by atoms with van der Waals surface area (Å²) in [6.07, 6.45) is 0. The van der Waals surface area contributed by atoms with Gasteiger partial charge in [-0.3, -0.25) is 0 Å². The number of thiazole rings is 1. The standard InChI is InChI=1S/C14H13N3S/c1-8-7-12(14-17-13(15)9(2)18-14)16-11-6-4-3-5-10(8)11/h3-7H,15H2,1-2H3. The molecule has 2 N–H and O–H groups in total. The average Bonchev–Trinajstić information content (AvgIpc) is 2.70. The summed E-state index contributed by atoms with van der Waals surface area (Å²) >= 11 is 1.59. The number of hydrogen-bond donors (Lipinski definition) is 1. The van der Waals surface area contributed by atoms with Gasteiger partial charge in [0.2, 0.25) is 0 Å². The minimum absolute atomic E-state index is 0.600. The van der Waals surface area contributed by atoms with Crippen molar-refractivity contribution in [2.75, 3.05) is 5.73 Å². The highest BCUT2D eigenvalue weighted by Gasteiger charge is 2.10. The van der Waals surface area contributed by atoms with Crippen LogP contribution in [-0.2, 0) is 0 Å². The molecule has 2 aromatic heterocycles. The van der Waals surface area contributed by atoms with E-state index in [1.165, 1.54) is 10.9 Å². The molecule has 0 bridgehead atoms. The molecular weight excluding hydrogens is 242 g/mol. The molecule has 18 heavy (non-hydrogen) atoms. The topological polar surface area (TPSA) is 51.8 Å². The van der Waals surface area contributed by atoms with Crippen molar-refractivity contribution in [2.45, 2.75) is 13.8 Å². The van der Waals surface area contributed by atoms with Crippen LogP contribution in [0, 0.1) is 13.8 Å². The molecule has 4 heteroatoms. The minimum atomic E-state index is 0.600. The summed E-state index contributed by atoms with van der Waals surface area (Å²) in [6.45, 7) is 4.07. The van der Waals surface area contributed by atoms with Crippen LogP contribution < -0.4 is 5.73 Å². The molecule has 0 amide bonds. The second-order valence-corrected chi connectivity index (χ2v) is 5.51. The first kappa shape index (κ1) is 11.2. The molecule has 1 aromatic carbocycles. The fourth-order valence-electron chi connectivity index (χ4n) is 1.98. The fourth-order valence-corrected chi connectivity index (χ4v) is 2.77. The van der Waals surface area contributed by atoms with Gasteiger partial charge in [-0.1, -0.05) is 18.2 Å². The summed E-state index contributed by atoms with van der Waals surface area (Å²) in [5.74, 6) is 0.600. The number of fused-ring (bicyclic) bond motifs is 1. The second-order valence-electron chi connectivity index (χ2n) is 4.30. The third kappa shape index (κ3) is 1.75. The number of hydrogen-bond acceptors (Lipinski definition) is 4. The molecule has 3 rings (SSSR count). The number of rotatable bonds is 1. The fraction of sp³-hybridized carbons (Fsp3) is 0.143. The Morgan fingerprint density at radius 2 is 1.89 bits per heavy atom. The lowest BCUT2D eigenvalue weighted by Gasteiger charge is -2.03. The molecule has 0 fully saturated rings. The minimum Gasteiger partial charge on any atom is -0.383 e. The van der Waals surface area contributed by atoms with Crippen molar-refractivity contribution in [3.63, 3.8) is 0 Å². The van der Waals surface area contributed by atoms with Crippen molar-refractivity contribution in [2.24, 2.45) is 0 Å². The van der Waals surface area contributed by atoms with E-state index in [2.05, 4.69) is 29.0 Å². The Labute approximate surface area is 109 Å². The van der Waals surface area contributed by atoms with E-state index in [-0.39, 0.29) is 0 Å². The molecule has 0 saturated carbocycles. The van der Waals surface area contributed by atoms with Gasteiger partial charge in [-0.2, -0.15) is 0 Å². The van der Waals surface area contributed by atoms with Gasteiger partial charge in [0.1, 0.15) is 10.8 Å². The number of anilines is 1. The van der Waals surface area contributed by atoms with Crippen molar-refractivity contribution < 1.29 is 0 Å². The molecule has 0 saturated heterocycles. The van der Waals surface area contributed by atoms with Crippen LogP contribution in [0.4, 0.5) is 5.82 Å². The van der Waals surface area contributed by atoms with Crippen LogP contribution in [0.2, 0.25) is 0 Å². The molecule has 0 aliphatic heterocycles. The van der Waals surface area contributed by atoms with E-state index >= 15 is 0 Å². The smallest absolute Gasteiger partial charge is 0.144 e. The first-order valence-corrected chi connectivity index (χ1v) is 6.56. The van der Waals surface area contributed by atoms with Gasteiger partial charge in [0.25, 0.3) is 0 Å². The van der Waals surface area contributed by atoms with Gasteiger partial charge in [0.15, 0.2) is 0 Å². The number of aryl methyl sites for hydroxylation is 2. The van der Waals surface area contributed by atoms with Crippen molar-refractivity contribution >= 4 is 28.1 Å². The van der Waals surface area contributed by atoms with E-state index < -0.39 is 0 Å². The van der Waals surface area contributed by atoms with Crippen molar-refractivity contribution in [1.29, 1.82) is 0 Å². The quantitative estimate of drug-likeness (QED) is 0.723. The largest absolute Gasteiger partial charge is 0.383 e. The van der Waals surface area contributed by atoms with Crippen molar-refractivity contribution in [3.05, 3.63) is 40.8 Å². The summed E-state index contributed by atoms with van der Waals surface area (Å²) in [5, 5.41) is 2.07. The zero-order chi connectivity index (χ0) is 12.7. The molecule has 0 radical (unpaired) electrons. The Kier molecular flexibility index (Phi) is 2.52. The van der Waals surface area contributed by atoms with E-state index in [9.17, 15) is 0 Å². The summed E-state index contributed by atoms with van der Waals surface area (Å²) in [4.78, 5) is 10.1. The van der Waals surface area contributed by atoms with Gasteiger partial charge in [0.05, 0.1) is 11.2 Å². The van der Waals surface area contributed by atoms with Crippen LogP contribution in [0.1, 0.15) is 10.4 Å². The Bertz CT molecular complexity index is 711. The summed E-state index contributed by atoms with van der Waals surface area (Å²) in [7, 11) is 0. The predicted octanol–water partition coefficient (Wildman–Crippen LogP) is 3.56. The molecule has 90 valence electrons. The highest BCUT2D eigenvalue weighted by atomic mass is 32.1. The van der Waals surface area contributed by atoms with E-state index in [0.717, 1.165) is 21.1 Å². The van der Waals surface area contributed by atoms with E-state index in [0.29, 0.717) is 5.82 Å². The normalized spacial score (nSPS) is 11.0. The van der Waals surface area contributed by atoms with Gasteiger partial charge < -0.3 is 5.73 Å². The van der Waals surface area contributed by atoms with Crippen LogP contribution >= 0.6 is 11.3 Å². The van der Waals surface area contributed by atoms with Gasteiger partial charge in [-0.15, -0.1) is 11.3 Å². The molecular formula is C14H13N3S. The van der Waals surface area contributed by atoms with Crippen LogP contribution in [0.25, 0.3) is 21.6 Å². The molecule has 0 aliphatic rings. The molecule has 0 unspecified atom stereocenters. The van der Waals surface area contributed by atoms with Crippen LogP contribution in [-0.4, -0.2) is 9.97 Å². The molecule has 0 atom stereocenters. The number of benzene rings is 1. The molecule has 3 aromatic rings. The first-order valence-electron chi connectivity index (χ1n) is 5.75. The Morgan fingerprint density at radius 3 is 2.61 bits per heavy atom. The van der Waals surface area contributed by atoms with Gasteiger partial charge in [-0.05, 0) is 31.5 Å². The van der Waals surface area contributed by atoms with Crippen LogP contribution in [0.3, 0.4) is 0 Å². The van der Waals surface area contributed by atoms with Gasteiger partial charge in [-0.25, -0.2) is 9.97 Å². The number of nitrogen functional groups attached to an aromatic ring is 1. The zero-order valence-electron chi connectivity index (χ0n) is 10.3.